The standard InChI is InChI=1S/C17H18N2/c1-4-13-8-9-14-15(10-13)19-17(18-14)16-11(2)6-5-7-12(16)3/h5-10H,4H2,1-3H3,(H,18,19). The minimum Gasteiger partial charge on any atom is -0.338 e. The zero-order chi connectivity index (χ0) is 13.4. The van der Waals surface area contributed by atoms with E-state index >= 15 is 0 Å². The molecule has 0 atom stereocenters. The molecule has 0 aliphatic carbocycles. The molecule has 0 aliphatic rings. The molecule has 1 heterocycles. The van der Waals surface area contributed by atoms with E-state index in [1.807, 2.05) is 0 Å². The minimum absolute atomic E-state index is 0.971. The molecule has 0 unspecified atom stereocenters. The lowest BCUT2D eigenvalue weighted by molar-refractivity contribution is 1.14. The van der Waals surface area contributed by atoms with Crippen LogP contribution in [0.2, 0.25) is 0 Å². The quantitative estimate of drug-likeness (QED) is 0.717. The third-order valence-electron chi connectivity index (χ3n) is 3.67. The second-order valence-corrected chi connectivity index (χ2v) is 5.06. The first-order chi connectivity index (χ1) is 9.19. The van der Waals surface area contributed by atoms with E-state index in [-0.39, 0.29) is 0 Å². The fourth-order valence-electron chi connectivity index (χ4n) is 2.58. The number of aryl methyl sites for hydroxylation is 3. The molecule has 0 fully saturated rings. The molecule has 0 amide bonds. The van der Waals surface area contributed by atoms with E-state index < -0.39 is 0 Å². The lowest BCUT2D eigenvalue weighted by Gasteiger charge is -2.05. The molecule has 0 spiro atoms. The Kier molecular flexibility index (Phi) is 2.86. The van der Waals surface area contributed by atoms with Crippen LogP contribution in [-0.4, -0.2) is 9.97 Å². The van der Waals surface area contributed by atoms with Gasteiger partial charge in [0.2, 0.25) is 0 Å². The number of imidazole rings is 1. The van der Waals surface area contributed by atoms with Gasteiger partial charge in [0, 0.05) is 5.56 Å². The SMILES string of the molecule is CCc1ccc2nc(-c3c(C)cccc3C)[nH]c2c1. The molecule has 0 radical (unpaired) electrons. The molecule has 3 rings (SSSR count). The third-order valence-corrected chi connectivity index (χ3v) is 3.67. The number of aromatic nitrogens is 2. The summed E-state index contributed by atoms with van der Waals surface area (Å²) in [6.07, 6.45) is 1.05. The van der Waals surface area contributed by atoms with E-state index in [1.165, 1.54) is 22.3 Å². The third kappa shape index (κ3) is 2.03. The highest BCUT2D eigenvalue weighted by Gasteiger charge is 2.10. The van der Waals surface area contributed by atoms with Crippen LogP contribution in [0, 0.1) is 13.8 Å². The monoisotopic (exact) mass is 250 g/mol. The van der Waals surface area contributed by atoms with E-state index in [0.717, 1.165) is 23.3 Å². The molecule has 0 saturated carbocycles. The molecule has 0 aliphatic heterocycles. The molecule has 3 aromatic rings. The summed E-state index contributed by atoms with van der Waals surface area (Å²) in [7, 11) is 0. The average molecular weight is 250 g/mol. The maximum atomic E-state index is 4.72. The van der Waals surface area contributed by atoms with Gasteiger partial charge in [-0.1, -0.05) is 31.2 Å². The molecule has 19 heavy (non-hydrogen) atoms. The molecular formula is C17H18N2. The normalized spacial score (nSPS) is 11.1. The van der Waals surface area contributed by atoms with Crippen LogP contribution in [0.4, 0.5) is 0 Å². The lowest BCUT2D eigenvalue weighted by atomic mass is 10.0. The molecule has 96 valence electrons. The summed E-state index contributed by atoms with van der Waals surface area (Å²) in [5.41, 5.74) is 7.23. The average Bonchev–Trinajstić information content (AvgIpc) is 2.80. The Bertz CT molecular complexity index is 718. The van der Waals surface area contributed by atoms with E-state index in [0.29, 0.717) is 0 Å². The van der Waals surface area contributed by atoms with E-state index in [4.69, 9.17) is 4.98 Å². The summed E-state index contributed by atoms with van der Waals surface area (Å²) >= 11 is 0. The zero-order valence-electron chi connectivity index (χ0n) is 11.6. The van der Waals surface area contributed by atoms with Crippen LogP contribution < -0.4 is 0 Å². The topological polar surface area (TPSA) is 28.7 Å². The maximum Gasteiger partial charge on any atom is 0.139 e. The highest BCUT2D eigenvalue weighted by atomic mass is 14.9. The van der Waals surface area contributed by atoms with E-state index in [2.05, 4.69) is 62.2 Å². The smallest absolute Gasteiger partial charge is 0.139 e. The van der Waals surface area contributed by atoms with Crippen LogP contribution in [0.25, 0.3) is 22.4 Å². The fraction of sp³-hybridized carbons (Fsp3) is 0.235. The van der Waals surface area contributed by atoms with Gasteiger partial charge < -0.3 is 4.98 Å². The molecule has 2 nitrogen and oxygen atoms in total. The van der Waals surface area contributed by atoms with Crippen LogP contribution in [0.15, 0.2) is 36.4 Å². The first-order valence-electron chi connectivity index (χ1n) is 6.74. The second-order valence-electron chi connectivity index (χ2n) is 5.06. The van der Waals surface area contributed by atoms with E-state index in [1.54, 1.807) is 0 Å². The Morgan fingerprint density at radius 3 is 2.47 bits per heavy atom. The van der Waals surface area contributed by atoms with Gasteiger partial charge in [0.1, 0.15) is 5.82 Å². The van der Waals surface area contributed by atoms with Crippen molar-refractivity contribution in [1.82, 2.24) is 9.97 Å². The Labute approximate surface area is 113 Å². The highest BCUT2D eigenvalue weighted by molar-refractivity contribution is 5.81. The van der Waals surface area contributed by atoms with Crippen LogP contribution in [0.5, 0.6) is 0 Å². The van der Waals surface area contributed by atoms with Gasteiger partial charge in [0.15, 0.2) is 0 Å². The number of H-pyrrole nitrogens is 1. The van der Waals surface area contributed by atoms with Crippen molar-refractivity contribution < 1.29 is 0 Å². The predicted molar refractivity (Wildman–Crippen MR) is 80.4 cm³/mol. The van der Waals surface area contributed by atoms with Gasteiger partial charge >= 0.3 is 0 Å². The van der Waals surface area contributed by atoms with Gasteiger partial charge in [-0.25, -0.2) is 4.98 Å². The van der Waals surface area contributed by atoms with Gasteiger partial charge in [0.25, 0.3) is 0 Å². The van der Waals surface area contributed by atoms with E-state index in [9.17, 15) is 0 Å². The first kappa shape index (κ1) is 12.0. The predicted octanol–water partition coefficient (Wildman–Crippen LogP) is 4.41. The number of rotatable bonds is 2. The maximum absolute atomic E-state index is 4.72. The summed E-state index contributed by atoms with van der Waals surface area (Å²) in [6, 6.07) is 12.8. The Balaban J connectivity index is 2.21. The van der Waals surface area contributed by atoms with Crippen molar-refractivity contribution in [3.05, 3.63) is 53.1 Å². The van der Waals surface area contributed by atoms with Gasteiger partial charge in [-0.2, -0.15) is 0 Å². The molecule has 2 heteroatoms. The van der Waals surface area contributed by atoms with Crippen molar-refractivity contribution in [3.8, 4) is 11.4 Å². The lowest BCUT2D eigenvalue weighted by Crippen LogP contribution is -1.89. The molecular weight excluding hydrogens is 232 g/mol. The molecule has 0 bridgehead atoms. The fourth-order valence-corrected chi connectivity index (χ4v) is 2.58. The number of nitrogens with zero attached hydrogens (tertiary/aromatic N) is 1. The van der Waals surface area contributed by atoms with Crippen LogP contribution in [0.1, 0.15) is 23.6 Å². The van der Waals surface area contributed by atoms with Gasteiger partial charge in [-0.3, -0.25) is 0 Å². The summed E-state index contributed by atoms with van der Waals surface area (Å²) in [5, 5.41) is 0. The molecule has 0 saturated heterocycles. The van der Waals surface area contributed by atoms with Crippen molar-refractivity contribution in [2.75, 3.05) is 0 Å². The Morgan fingerprint density at radius 2 is 1.79 bits per heavy atom. The molecule has 1 N–H and O–H groups in total. The molecule has 1 aromatic heterocycles. The van der Waals surface area contributed by atoms with Crippen LogP contribution in [0.3, 0.4) is 0 Å². The number of nitrogens with one attached hydrogen (secondary N) is 1. The van der Waals surface area contributed by atoms with Crippen LogP contribution >= 0.6 is 0 Å². The van der Waals surface area contributed by atoms with Gasteiger partial charge in [-0.15, -0.1) is 0 Å². The minimum atomic E-state index is 0.971. The summed E-state index contributed by atoms with van der Waals surface area (Å²) in [4.78, 5) is 8.18. The largest absolute Gasteiger partial charge is 0.338 e. The molecule has 2 aromatic carbocycles. The van der Waals surface area contributed by atoms with Crippen molar-refractivity contribution in [3.63, 3.8) is 0 Å². The van der Waals surface area contributed by atoms with Crippen molar-refractivity contribution in [2.24, 2.45) is 0 Å². The van der Waals surface area contributed by atoms with Crippen LogP contribution in [-0.2, 0) is 6.42 Å². The number of fused-ring (bicyclic) bond motifs is 1. The Morgan fingerprint density at radius 1 is 1.05 bits per heavy atom. The summed E-state index contributed by atoms with van der Waals surface area (Å²) in [6.45, 7) is 6.43. The number of hydrogen-bond donors (Lipinski definition) is 1. The highest BCUT2D eigenvalue weighted by Crippen LogP contribution is 2.27. The number of hydrogen-bond acceptors (Lipinski definition) is 1. The van der Waals surface area contributed by atoms with Crippen molar-refractivity contribution in [2.45, 2.75) is 27.2 Å². The van der Waals surface area contributed by atoms with Crippen molar-refractivity contribution in [1.29, 1.82) is 0 Å². The number of aromatic amines is 1. The summed E-state index contributed by atoms with van der Waals surface area (Å²) < 4.78 is 0. The van der Waals surface area contributed by atoms with Gasteiger partial charge in [0.05, 0.1) is 11.0 Å². The second kappa shape index (κ2) is 4.54. The van der Waals surface area contributed by atoms with Crippen molar-refractivity contribution >= 4 is 11.0 Å². The Hall–Kier alpha value is -2.09. The summed E-state index contributed by atoms with van der Waals surface area (Å²) in [5.74, 6) is 0.971. The number of benzene rings is 2. The zero-order valence-corrected chi connectivity index (χ0v) is 11.6. The van der Waals surface area contributed by atoms with Gasteiger partial charge in [-0.05, 0) is 49.1 Å². The first-order valence-corrected chi connectivity index (χ1v) is 6.74.